The zero-order valence-corrected chi connectivity index (χ0v) is 12.5. The molecule has 1 aliphatic heterocycles. The summed E-state index contributed by atoms with van der Waals surface area (Å²) in [5, 5.41) is 3.60. The maximum Gasteiger partial charge on any atom is 0.260 e. The molecule has 19 heavy (non-hydrogen) atoms. The van der Waals surface area contributed by atoms with Gasteiger partial charge in [-0.1, -0.05) is 13.8 Å². The Hall–Kier alpha value is -0.920. The molecule has 1 fully saturated rings. The molecule has 0 saturated carbocycles. The lowest BCUT2D eigenvalue weighted by atomic mass is 9.95. The Balaban J connectivity index is 2.11. The van der Waals surface area contributed by atoms with Gasteiger partial charge in [0.1, 0.15) is 5.82 Å². The predicted octanol–water partition coefficient (Wildman–Crippen LogP) is 0.727. The summed E-state index contributed by atoms with van der Waals surface area (Å²) in [6.45, 7) is 7.94. The van der Waals surface area contributed by atoms with Crippen LogP contribution in [0.15, 0.2) is 11.2 Å². The zero-order chi connectivity index (χ0) is 14.0. The third-order valence-electron chi connectivity index (χ3n) is 3.63. The van der Waals surface area contributed by atoms with E-state index < -0.39 is 10.0 Å². The Morgan fingerprint density at radius 3 is 2.84 bits per heavy atom. The highest BCUT2D eigenvalue weighted by molar-refractivity contribution is 7.89. The Labute approximate surface area is 114 Å². The number of rotatable bonds is 4. The second-order valence-electron chi connectivity index (χ2n) is 5.13. The molecular weight excluding hydrogens is 264 g/mol. The Kier molecular flexibility index (Phi) is 4.27. The molecule has 2 unspecified atom stereocenters. The highest BCUT2D eigenvalue weighted by atomic mass is 32.2. The highest BCUT2D eigenvalue weighted by Crippen LogP contribution is 2.22. The standard InChI is InChI=1S/C12H22N4O2S/c1-4-13-11-5-6-16(8-9(11)2)19(17,18)12-7-14-10(3)15-12/h7,9,11,13H,4-6,8H2,1-3H3,(H,14,15). The van der Waals surface area contributed by atoms with Gasteiger partial charge >= 0.3 is 0 Å². The van der Waals surface area contributed by atoms with Crippen molar-refractivity contribution in [2.24, 2.45) is 5.92 Å². The van der Waals surface area contributed by atoms with Crippen LogP contribution in [0.3, 0.4) is 0 Å². The SMILES string of the molecule is CCNC1CCN(S(=O)(=O)c2cnc(C)[nH]2)CC1C. The molecule has 1 saturated heterocycles. The van der Waals surface area contributed by atoms with E-state index >= 15 is 0 Å². The maximum atomic E-state index is 12.4. The van der Waals surface area contributed by atoms with Gasteiger partial charge in [0.25, 0.3) is 10.0 Å². The van der Waals surface area contributed by atoms with Crippen molar-refractivity contribution in [2.75, 3.05) is 19.6 Å². The van der Waals surface area contributed by atoms with Crippen LogP contribution in [-0.4, -0.2) is 48.4 Å². The summed E-state index contributed by atoms with van der Waals surface area (Å²) in [5.74, 6) is 0.932. The number of nitrogens with one attached hydrogen (secondary N) is 2. The molecule has 0 spiro atoms. The number of piperidine rings is 1. The summed E-state index contributed by atoms with van der Waals surface area (Å²) in [7, 11) is -3.42. The molecule has 0 aromatic carbocycles. The fraction of sp³-hybridized carbons (Fsp3) is 0.750. The average Bonchev–Trinajstić information content (AvgIpc) is 2.79. The Morgan fingerprint density at radius 2 is 2.32 bits per heavy atom. The second-order valence-corrected chi connectivity index (χ2v) is 7.03. The molecule has 108 valence electrons. The van der Waals surface area contributed by atoms with E-state index in [9.17, 15) is 8.42 Å². The van der Waals surface area contributed by atoms with Crippen molar-refractivity contribution < 1.29 is 8.42 Å². The van der Waals surface area contributed by atoms with Crippen molar-refractivity contribution in [2.45, 2.75) is 38.3 Å². The van der Waals surface area contributed by atoms with E-state index in [1.54, 1.807) is 11.2 Å². The van der Waals surface area contributed by atoms with E-state index in [-0.39, 0.29) is 5.03 Å². The third kappa shape index (κ3) is 2.98. The molecule has 0 radical (unpaired) electrons. The molecule has 0 aliphatic carbocycles. The molecule has 2 heterocycles. The minimum absolute atomic E-state index is 0.194. The van der Waals surface area contributed by atoms with E-state index in [1.807, 2.05) is 0 Å². The van der Waals surface area contributed by atoms with Crippen molar-refractivity contribution in [3.8, 4) is 0 Å². The van der Waals surface area contributed by atoms with Crippen LogP contribution >= 0.6 is 0 Å². The van der Waals surface area contributed by atoms with Crippen molar-refractivity contribution in [1.82, 2.24) is 19.6 Å². The number of hydrogen-bond donors (Lipinski definition) is 2. The number of imidazole rings is 1. The summed E-state index contributed by atoms with van der Waals surface area (Å²) in [6.07, 6.45) is 2.24. The second kappa shape index (κ2) is 5.60. The number of aryl methyl sites for hydroxylation is 1. The van der Waals surface area contributed by atoms with Crippen LogP contribution in [0.2, 0.25) is 0 Å². The quantitative estimate of drug-likeness (QED) is 0.855. The summed E-state index contributed by atoms with van der Waals surface area (Å²) < 4.78 is 26.4. The summed E-state index contributed by atoms with van der Waals surface area (Å²) in [6, 6.07) is 0.403. The van der Waals surface area contributed by atoms with Crippen LogP contribution < -0.4 is 5.32 Å². The summed E-state index contributed by atoms with van der Waals surface area (Å²) in [4.78, 5) is 6.78. The molecule has 6 nitrogen and oxygen atoms in total. The van der Waals surface area contributed by atoms with Gasteiger partial charge in [-0.2, -0.15) is 4.31 Å². The predicted molar refractivity (Wildman–Crippen MR) is 73.3 cm³/mol. The number of sulfonamides is 1. The molecule has 2 atom stereocenters. The molecule has 1 aromatic heterocycles. The first-order chi connectivity index (χ1) is 8.95. The van der Waals surface area contributed by atoms with E-state index in [2.05, 4.69) is 29.1 Å². The van der Waals surface area contributed by atoms with Gasteiger partial charge in [-0.25, -0.2) is 13.4 Å². The molecule has 1 aromatic rings. The zero-order valence-electron chi connectivity index (χ0n) is 11.7. The normalized spacial score (nSPS) is 25.6. The number of aromatic nitrogens is 2. The minimum Gasteiger partial charge on any atom is -0.332 e. The lowest BCUT2D eigenvalue weighted by Gasteiger charge is -2.36. The molecule has 0 amide bonds. The number of nitrogens with zero attached hydrogens (tertiary/aromatic N) is 2. The monoisotopic (exact) mass is 286 g/mol. The number of hydrogen-bond acceptors (Lipinski definition) is 4. The van der Waals surface area contributed by atoms with Gasteiger partial charge in [0.15, 0.2) is 5.03 Å². The lowest BCUT2D eigenvalue weighted by molar-refractivity contribution is 0.222. The number of aromatic amines is 1. The summed E-state index contributed by atoms with van der Waals surface area (Å²) in [5.41, 5.74) is 0. The largest absolute Gasteiger partial charge is 0.332 e. The smallest absolute Gasteiger partial charge is 0.260 e. The van der Waals surface area contributed by atoms with Crippen LogP contribution in [0.4, 0.5) is 0 Å². The molecule has 2 N–H and O–H groups in total. The van der Waals surface area contributed by atoms with E-state index in [4.69, 9.17) is 0 Å². The van der Waals surface area contributed by atoms with Gasteiger partial charge < -0.3 is 10.3 Å². The molecule has 0 bridgehead atoms. The van der Waals surface area contributed by atoms with Crippen LogP contribution in [-0.2, 0) is 10.0 Å². The van der Waals surface area contributed by atoms with Crippen molar-refractivity contribution in [3.63, 3.8) is 0 Å². The van der Waals surface area contributed by atoms with Crippen LogP contribution in [0.1, 0.15) is 26.1 Å². The van der Waals surface area contributed by atoms with Gasteiger partial charge in [-0.15, -0.1) is 0 Å². The van der Waals surface area contributed by atoms with Crippen molar-refractivity contribution in [3.05, 3.63) is 12.0 Å². The van der Waals surface area contributed by atoms with Crippen molar-refractivity contribution in [1.29, 1.82) is 0 Å². The molecule has 7 heteroatoms. The number of H-pyrrole nitrogens is 1. The fourth-order valence-corrected chi connectivity index (χ4v) is 4.08. The Morgan fingerprint density at radius 1 is 1.58 bits per heavy atom. The van der Waals surface area contributed by atoms with Gasteiger partial charge in [0.05, 0.1) is 6.20 Å². The Bertz CT molecular complexity index is 526. The van der Waals surface area contributed by atoms with Gasteiger partial charge in [-0.05, 0) is 25.8 Å². The molecule has 2 rings (SSSR count). The first-order valence-corrected chi connectivity index (χ1v) is 8.14. The van der Waals surface area contributed by atoms with Crippen molar-refractivity contribution >= 4 is 10.0 Å². The van der Waals surface area contributed by atoms with E-state index in [1.165, 1.54) is 6.20 Å². The van der Waals surface area contributed by atoms with Crippen LogP contribution in [0.5, 0.6) is 0 Å². The molecular formula is C12H22N4O2S. The third-order valence-corrected chi connectivity index (χ3v) is 5.41. The van der Waals surface area contributed by atoms with Gasteiger partial charge in [-0.3, -0.25) is 0 Å². The lowest BCUT2D eigenvalue weighted by Crippen LogP contribution is -2.50. The van der Waals surface area contributed by atoms with E-state index in [0.717, 1.165) is 13.0 Å². The average molecular weight is 286 g/mol. The maximum absolute atomic E-state index is 12.4. The van der Waals surface area contributed by atoms with E-state index in [0.29, 0.717) is 30.9 Å². The fourth-order valence-electron chi connectivity index (χ4n) is 2.56. The first kappa shape index (κ1) is 14.5. The topological polar surface area (TPSA) is 78.1 Å². The van der Waals surface area contributed by atoms with Gasteiger partial charge in [0, 0.05) is 19.1 Å². The van der Waals surface area contributed by atoms with Crippen LogP contribution in [0, 0.1) is 12.8 Å². The highest BCUT2D eigenvalue weighted by Gasteiger charge is 2.33. The molecule has 1 aliphatic rings. The minimum atomic E-state index is -3.42. The summed E-state index contributed by atoms with van der Waals surface area (Å²) >= 11 is 0. The van der Waals surface area contributed by atoms with Gasteiger partial charge in [0.2, 0.25) is 0 Å². The first-order valence-electron chi connectivity index (χ1n) is 6.70. The van der Waals surface area contributed by atoms with Crippen LogP contribution in [0.25, 0.3) is 0 Å².